The Morgan fingerprint density at radius 3 is 2.55 bits per heavy atom. The maximum atomic E-state index is 12.9. The van der Waals surface area contributed by atoms with Crippen LogP contribution in [-0.4, -0.2) is 52.5 Å². The van der Waals surface area contributed by atoms with Gasteiger partial charge in [-0.1, -0.05) is 44.2 Å². The smallest absolute Gasteiger partial charge is 0.309 e. The lowest BCUT2D eigenvalue weighted by atomic mass is 9.99. The molecule has 0 bridgehead atoms. The van der Waals surface area contributed by atoms with Crippen LogP contribution in [0.4, 0.5) is 0 Å². The number of carboxylic acids is 1. The van der Waals surface area contributed by atoms with Crippen LogP contribution >= 0.6 is 0 Å². The van der Waals surface area contributed by atoms with Gasteiger partial charge in [0.25, 0.3) is 5.91 Å². The van der Waals surface area contributed by atoms with Gasteiger partial charge in [0.05, 0.1) is 17.5 Å². The zero-order valence-corrected chi connectivity index (χ0v) is 19.4. The van der Waals surface area contributed by atoms with Crippen LogP contribution in [0.1, 0.15) is 41.0 Å². The highest BCUT2D eigenvalue weighted by atomic mass is 16.4. The normalized spacial score (nSPS) is 18.7. The van der Waals surface area contributed by atoms with Gasteiger partial charge in [-0.05, 0) is 54.7 Å². The fourth-order valence-electron chi connectivity index (χ4n) is 4.73. The van der Waals surface area contributed by atoms with E-state index in [9.17, 15) is 14.7 Å². The molecule has 1 aliphatic heterocycles. The molecule has 2 atom stereocenters. The number of carboxylic acid groups (broad SMARTS) is 1. The number of para-hydroxylation sites is 1. The standard InChI is InChI=1S/C27H31N3O3/c1-17(2)14-30-15-23(27(32)33)25(16-30)29-26(31)20-10-8-19(9-11-20)13-21-12-18(3)28-24-7-5-4-6-22(21)24/h4-12,17,23,25H,13-16H2,1-3H3,(H,29,31)(H,32,33)/t23-,25+/m0/s1. The number of aryl methyl sites for hydroxylation is 1. The molecule has 0 radical (unpaired) electrons. The molecule has 1 saturated heterocycles. The van der Waals surface area contributed by atoms with E-state index in [0.29, 0.717) is 24.6 Å². The molecular formula is C27H31N3O3. The van der Waals surface area contributed by atoms with Gasteiger partial charge in [0.15, 0.2) is 0 Å². The minimum atomic E-state index is -0.859. The Morgan fingerprint density at radius 2 is 1.85 bits per heavy atom. The van der Waals surface area contributed by atoms with Gasteiger partial charge in [0.1, 0.15) is 0 Å². The molecule has 0 saturated carbocycles. The number of carbonyl (C=O) groups excluding carboxylic acids is 1. The molecule has 33 heavy (non-hydrogen) atoms. The van der Waals surface area contributed by atoms with Gasteiger partial charge in [-0.15, -0.1) is 0 Å². The summed E-state index contributed by atoms with van der Waals surface area (Å²) in [6.45, 7) is 8.08. The van der Waals surface area contributed by atoms with Crippen LogP contribution in [0, 0.1) is 18.8 Å². The summed E-state index contributed by atoms with van der Waals surface area (Å²) < 4.78 is 0. The van der Waals surface area contributed by atoms with Crippen molar-refractivity contribution >= 4 is 22.8 Å². The molecule has 0 spiro atoms. The van der Waals surface area contributed by atoms with Gasteiger partial charge in [-0.25, -0.2) is 0 Å². The molecular weight excluding hydrogens is 414 g/mol. The number of benzene rings is 2. The molecule has 1 aromatic heterocycles. The van der Waals surface area contributed by atoms with E-state index in [1.807, 2.05) is 49.4 Å². The molecule has 1 fully saturated rings. The fraction of sp³-hybridized carbons (Fsp3) is 0.370. The lowest BCUT2D eigenvalue weighted by molar-refractivity contribution is -0.141. The molecule has 0 aliphatic carbocycles. The maximum Gasteiger partial charge on any atom is 0.309 e. The Bertz CT molecular complexity index is 1160. The Kier molecular flexibility index (Phi) is 6.75. The predicted octanol–water partition coefficient (Wildman–Crippen LogP) is 3.90. The minimum absolute atomic E-state index is 0.227. The number of aliphatic carboxylic acids is 1. The van der Waals surface area contributed by atoms with E-state index in [0.717, 1.165) is 35.1 Å². The zero-order chi connectivity index (χ0) is 23.5. The lowest BCUT2D eigenvalue weighted by Gasteiger charge is -2.18. The van der Waals surface area contributed by atoms with Crippen LogP contribution in [0.5, 0.6) is 0 Å². The topological polar surface area (TPSA) is 82.5 Å². The third-order valence-corrected chi connectivity index (χ3v) is 6.19. The van der Waals surface area contributed by atoms with Crippen LogP contribution in [0.15, 0.2) is 54.6 Å². The number of carbonyl (C=O) groups is 2. The van der Waals surface area contributed by atoms with Gasteiger partial charge in [0.2, 0.25) is 0 Å². The fourth-order valence-corrected chi connectivity index (χ4v) is 4.73. The number of hydrogen-bond donors (Lipinski definition) is 2. The number of likely N-dealkylation sites (tertiary alicyclic amines) is 1. The first-order valence-corrected chi connectivity index (χ1v) is 11.5. The van der Waals surface area contributed by atoms with Crippen LogP contribution in [0.3, 0.4) is 0 Å². The summed E-state index contributed by atoms with van der Waals surface area (Å²) in [5.74, 6) is -1.23. The van der Waals surface area contributed by atoms with Crippen molar-refractivity contribution in [2.24, 2.45) is 11.8 Å². The summed E-state index contributed by atoms with van der Waals surface area (Å²) >= 11 is 0. The minimum Gasteiger partial charge on any atom is -0.481 e. The van der Waals surface area contributed by atoms with Crippen molar-refractivity contribution in [2.45, 2.75) is 33.2 Å². The van der Waals surface area contributed by atoms with E-state index < -0.39 is 11.9 Å². The molecule has 0 unspecified atom stereocenters. The van der Waals surface area contributed by atoms with Crippen molar-refractivity contribution in [1.82, 2.24) is 15.2 Å². The quantitative estimate of drug-likeness (QED) is 0.576. The van der Waals surface area contributed by atoms with Gasteiger partial charge >= 0.3 is 5.97 Å². The number of pyridine rings is 1. The summed E-state index contributed by atoms with van der Waals surface area (Å²) in [4.78, 5) is 31.3. The molecule has 2 heterocycles. The number of nitrogens with zero attached hydrogens (tertiary/aromatic N) is 2. The zero-order valence-electron chi connectivity index (χ0n) is 19.4. The average molecular weight is 446 g/mol. The first kappa shape index (κ1) is 22.9. The van der Waals surface area contributed by atoms with Gasteiger partial charge in [0, 0.05) is 36.3 Å². The van der Waals surface area contributed by atoms with E-state index in [4.69, 9.17) is 0 Å². The summed E-state index contributed by atoms with van der Waals surface area (Å²) in [6.07, 6.45) is 0.750. The van der Waals surface area contributed by atoms with E-state index in [1.54, 1.807) is 0 Å². The van der Waals surface area contributed by atoms with Crippen molar-refractivity contribution in [3.63, 3.8) is 0 Å². The van der Waals surface area contributed by atoms with E-state index in [1.165, 1.54) is 5.56 Å². The van der Waals surface area contributed by atoms with Crippen LogP contribution in [0.25, 0.3) is 10.9 Å². The molecule has 4 rings (SSSR count). The molecule has 6 nitrogen and oxygen atoms in total. The molecule has 3 aromatic rings. The Hall–Kier alpha value is -3.25. The average Bonchev–Trinajstić information content (AvgIpc) is 3.15. The number of amides is 1. The first-order chi connectivity index (χ1) is 15.8. The third-order valence-electron chi connectivity index (χ3n) is 6.19. The second kappa shape index (κ2) is 9.71. The van der Waals surface area contributed by atoms with Crippen LogP contribution < -0.4 is 5.32 Å². The Morgan fingerprint density at radius 1 is 1.12 bits per heavy atom. The Balaban J connectivity index is 1.45. The highest BCUT2D eigenvalue weighted by Gasteiger charge is 2.38. The summed E-state index contributed by atoms with van der Waals surface area (Å²) in [5.41, 5.74) is 4.82. The highest BCUT2D eigenvalue weighted by molar-refractivity contribution is 5.95. The van der Waals surface area contributed by atoms with E-state index in [2.05, 4.69) is 41.2 Å². The summed E-state index contributed by atoms with van der Waals surface area (Å²) in [7, 11) is 0. The van der Waals surface area contributed by atoms with E-state index in [-0.39, 0.29) is 11.9 Å². The number of aromatic nitrogens is 1. The largest absolute Gasteiger partial charge is 0.481 e. The maximum absolute atomic E-state index is 12.9. The molecule has 2 N–H and O–H groups in total. The van der Waals surface area contributed by atoms with Gasteiger partial charge < -0.3 is 15.3 Å². The van der Waals surface area contributed by atoms with Crippen molar-refractivity contribution in [3.05, 3.63) is 77.0 Å². The number of nitrogens with one attached hydrogen (secondary N) is 1. The van der Waals surface area contributed by atoms with Crippen molar-refractivity contribution in [1.29, 1.82) is 0 Å². The molecule has 6 heteroatoms. The van der Waals surface area contributed by atoms with Crippen molar-refractivity contribution in [2.75, 3.05) is 19.6 Å². The van der Waals surface area contributed by atoms with Crippen LogP contribution in [0.2, 0.25) is 0 Å². The van der Waals surface area contributed by atoms with Gasteiger partial charge in [-0.3, -0.25) is 14.6 Å². The van der Waals surface area contributed by atoms with Crippen LogP contribution in [-0.2, 0) is 11.2 Å². The second-order valence-corrected chi connectivity index (χ2v) is 9.45. The molecule has 1 amide bonds. The first-order valence-electron chi connectivity index (χ1n) is 11.5. The lowest BCUT2D eigenvalue weighted by Crippen LogP contribution is -2.43. The molecule has 2 aromatic carbocycles. The summed E-state index contributed by atoms with van der Waals surface area (Å²) in [6, 6.07) is 17.4. The SMILES string of the molecule is Cc1cc(Cc2ccc(C(=O)N[C@@H]3CN(CC(C)C)C[C@@H]3C(=O)O)cc2)c2ccccc2n1. The summed E-state index contributed by atoms with van der Waals surface area (Å²) in [5, 5.41) is 13.7. The number of fused-ring (bicyclic) bond motifs is 1. The monoisotopic (exact) mass is 445 g/mol. The number of rotatable bonds is 7. The highest BCUT2D eigenvalue weighted by Crippen LogP contribution is 2.22. The number of hydrogen-bond acceptors (Lipinski definition) is 4. The van der Waals surface area contributed by atoms with Gasteiger partial charge in [-0.2, -0.15) is 0 Å². The van der Waals surface area contributed by atoms with Crippen molar-refractivity contribution < 1.29 is 14.7 Å². The van der Waals surface area contributed by atoms with E-state index >= 15 is 0 Å². The molecule has 172 valence electrons. The predicted molar refractivity (Wildman–Crippen MR) is 129 cm³/mol. The third kappa shape index (κ3) is 5.40. The second-order valence-electron chi connectivity index (χ2n) is 9.45. The van der Waals surface area contributed by atoms with Crippen molar-refractivity contribution in [3.8, 4) is 0 Å². The molecule has 1 aliphatic rings. The Labute approximate surface area is 194 Å².